The minimum atomic E-state index is -0.529. The number of rotatable bonds is 4. The van der Waals surface area contributed by atoms with Gasteiger partial charge in [-0.25, -0.2) is 9.59 Å². The van der Waals surface area contributed by atoms with Gasteiger partial charge in [-0.2, -0.15) is 0 Å². The maximum atomic E-state index is 13.6. The number of nitrogens with zero attached hydrogens (tertiary/aromatic N) is 1. The maximum Gasteiger partial charge on any atom is 0.410 e. The lowest BCUT2D eigenvalue weighted by molar-refractivity contribution is -0.141. The van der Waals surface area contributed by atoms with Crippen molar-refractivity contribution in [2.45, 2.75) is 78.7 Å². The van der Waals surface area contributed by atoms with E-state index in [4.69, 9.17) is 9.47 Å². The number of allylic oxidation sites excluding steroid dienone is 3. The number of halogens is 1. The number of benzene rings is 1. The molecule has 0 saturated carbocycles. The molecule has 2 aliphatic heterocycles. The van der Waals surface area contributed by atoms with Crippen LogP contribution in [0.5, 0.6) is 0 Å². The third-order valence-electron chi connectivity index (χ3n) is 7.36. The monoisotopic (exact) mass is 586 g/mol. The lowest BCUT2D eigenvalue weighted by atomic mass is 9.68. The summed E-state index contributed by atoms with van der Waals surface area (Å²) in [5, 5.41) is 3.39. The highest BCUT2D eigenvalue weighted by Crippen LogP contribution is 2.47. The van der Waals surface area contributed by atoms with Gasteiger partial charge in [-0.1, -0.05) is 41.9 Å². The summed E-state index contributed by atoms with van der Waals surface area (Å²) >= 11 is 3.55. The van der Waals surface area contributed by atoms with Gasteiger partial charge in [-0.05, 0) is 76.0 Å². The Morgan fingerprint density at radius 1 is 1.16 bits per heavy atom. The Labute approximate surface area is 234 Å². The van der Waals surface area contributed by atoms with Crippen molar-refractivity contribution in [2.75, 3.05) is 19.7 Å². The minimum Gasteiger partial charge on any atom is -0.462 e. The Morgan fingerprint density at radius 2 is 1.84 bits per heavy atom. The van der Waals surface area contributed by atoms with Gasteiger partial charge in [0.05, 0.1) is 12.2 Å². The van der Waals surface area contributed by atoms with E-state index in [2.05, 4.69) is 35.1 Å². The smallest absolute Gasteiger partial charge is 0.410 e. The number of hydrogen-bond acceptors (Lipinski definition) is 6. The summed E-state index contributed by atoms with van der Waals surface area (Å²) < 4.78 is 12.3. The summed E-state index contributed by atoms with van der Waals surface area (Å²) in [5.41, 5.74) is 3.00. The first kappa shape index (κ1) is 28.4. The summed E-state index contributed by atoms with van der Waals surface area (Å²) in [6, 6.07) is 7.80. The van der Waals surface area contributed by atoms with Crippen LogP contribution < -0.4 is 5.32 Å². The fraction of sp³-hybridized carbons (Fsp3) is 0.567. The van der Waals surface area contributed by atoms with Crippen molar-refractivity contribution >= 4 is 33.8 Å². The number of carbonyl (C=O) groups is 3. The molecular weight excluding hydrogens is 548 g/mol. The van der Waals surface area contributed by atoms with E-state index < -0.39 is 17.5 Å². The lowest BCUT2D eigenvalue weighted by Gasteiger charge is -2.39. The van der Waals surface area contributed by atoms with Gasteiger partial charge in [0, 0.05) is 46.9 Å². The predicted octanol–water partition coefficient (Wildman–Crippen LogP) is 6.24. The molecule has 8 heteroatoms. The first-order valence-corrected chi connectivity index (χ1v) is 14.2. The molecule has 4 rings (SSSR count). The van der Waals surface area contributed by atoms with E-state index in [1.165, 1.54) is 0 Å². The van der Waals surface area contributed by atoms with Gasteiger partial charge in [0.25, 0.3) is 0 Å². The number of carbonyl (C=O) groups excluding carboxylic acids is 3. The van der Waals surface area contributed by atoms with Crippen LogP contribution in [0.2, 0.25) is 0 Å². The molecule has 206 valence electrons. The zero-order valence-electron chi connectivity index (χ0n) is 23.3. The van der Waals surface area contributed by atoms with E-state index in [1.807, 2.05) is 52.0 Å². The van der Waals surface area contributed by atoms with Gasteiger partial charge in [0.2, 0.25) is 0 Å². The third kappa shape index (κ3) is 6.50. The van der Waals surface area contributed by atoms with Gasteiger partial charge in [0.1, 0.15) is 5.60 Å². The molecule has 1 amide bonds. The zero-order valence-corrected chi connectivity index (χ0v) is 24.9. The van der Waals surface area contributed by atoms with Gasteiger partial charge >= 0.3 is 12.1 Å². The number of likely N-dealkylation sites (tertiary alicyclic amines) is 1. The van der Waals surface area contributed by atoms with E-state index in [0.29, 0.717) is 30.7 Å². The van der Waals surface area contributed by atoms with E-state index in [-0.39, 0.29) is 29.8 Å². The van der Waals surface area contributed by atoms with E-state index in [9.17, 15) is 14.4 Å². The molecule has 1 unspecified atom stereocenters. The molecule has 3 aliphatic rings. The van der Waals surface area contributed by atoms with Crippen LogP contribution in [0.1, 0.15) is 78.7 Å². The van der Waals surface area contributed by atoms with Gasteiger partial charge in [-0.15, -0.1) is 0 Å². The van der Waals surface area contributed by atoms with Crippen molar-refractivity contribution in [3.63, 3.8) is 0 Å². The summed E-state index contributed by atoms with van der Waals surface area (Å²) in [6.07, 6.45) is 2.36. The highest BCUT2D eigenvalue weighted by Gasteiger charge is 2.43. The van der Waals surface area contributed by atoms with Gasteiger partial charge in [0.15, 0.2) is 5.78 Å². The Balaban J connectivity index is 1.49. The van der Waals surface area contributed by atoms with Crippen LogP contribution in [0.4, 0.5) is 4.79 Å². The first-order chi connectivity index (χ1) is 17.7. The number of amides is 1. The first-order valence-electron chi connectivity index (χ1n) is 13.4. The number of esters is 1. The molecule has 0 spiro atoms. The van der Waals surface area contributed by atoms with E-state index in [0.717, 1.165) is 40.7 Å². The standard InChI is InChI=1S/C30H39BrN2O5/c1-18-24(27(35)37-17-19-10-12-33(13-11-19)28(36)38-29(2,3)4)25(20-8-7-9-21(31)14-20)26-22(32-18)15-30(5,6)16-23(26)34/h7-9,14,19,25,32H,10-13,15-17H2,1-6H3. The second kappa shape index (κ2) is 10.9. The molecule has 0 radical (unpaired) electrons. The molecule has 1 N–H and O–H groups in total. The molecule has 1 fully saturated rings. The van der Waals surface area contributed by atoms with Crippen molar-refractivity contribution in [2.24, 2.45) is 11.3 Å². The largest absolute Gasteiger partial charge is 0.462 e. The third-order valence-corrected chi connectivity index (χ3v) is 7.85. The number of Topliss-reactive ketones (excluding diaryl/α,β-unsaturated/α-hetero) is 1. The van der Waals surface area contributed by atoms with Crippen LogP contribution in [-0.4, -0.2) is 48.0 Å². The number of nitrogens with one attached hydrogen (secondary N) is 1. The molecule has 0 bridgehead atoms. The molecule has 1 saturated heterocycles. The van der Waals surface area contributed by atoms with Crippen LogP contribution in [0, 0.1) is 11.3 Å². The highest BCUT2D eigenvalue weighted by molar-refractivity contribution is 9.10. The Kier molecular flexibility index (Phi) is 8.12. The molecule has 1 aromatic carbocycles. The second-order valence-corrected chi connectivity index (χ2v) is 13.4. The molecule has 0 aromatic heterocycles. The fourth-order valence-electron chi connectivity index (χ4n) is 5.61. The van der Waals surface area contributed by atoms with E-state index in [1.54, 1.807) is 4.90 Å². The van der Waals surface area contributed by atoms with Crippen molar-refractivity contribution in [3.05, 3.63) is 56.8 Å². The SMILES string of the molecule is CC1=C(C(=O)OCC2CCN(C(=O)OC(C)(C)C)CC2)C(c2cccc(Br)c2)C2=C(CC(C)(C)CC2=O)N1. The van der Waals surface area contributed by atoms with Crippen molar-refractivity contribution in [1.82, 2.24) is 10.2 Å². The number of ether oxygens (including phenoxy) is 2. The zero-order chi connectivity index (χ0) is 27.8. The number of hydrogen-bond donors (Lipinski definition) is 1. The fourth-order valence-corrected chi connectivity index (χ4v) is 6.02. The number of dihydropyridines is 1. The number of piperidine rings is 1. The summed E-state index contributed by atoms with van der Waals surface area (Å²) in [7, 11) is 0. The average Bonchev–Trinajstić information content (AvgIpc) is 2.80. The van der Waals surface area contributed by atoms with Crippen LogP contribution in [-0.2, 0) is 19.1 Å². The van der Waals surface area contributed by atoms with Crippen LogP contribution in [0.3, 0.4) is 0 Å². The molecule has 1 aliphatic carbocycles. The van der Waals surface area contributed by atoms with Crippen molar-refractivity contribution in [1.29, 1.82) is 0 Å². The predicted molar refractivity (Wildman–Crippen MR) is 149 cm³/mol. The molecular formula is C30H39BrN2O5. The molecule has 1 atom stereocenters. The normalized spacial score (nSPS) is 22.1. The number of ketones is 1. The molecule has 1 aromatic rings. The molecule has 7 nitrogen and oxygen atoms in total. The van der Waals surface area contributed by atoms with Crippen molar-refractivity contribution < 1.29 is 23.9 Å². The highest BCUT2D eigenvalue weighted by atomic mass is 79.9. The van der Waals surface area contributed by atoms with Crippen LogP contribution >= 0.6 is 15.9 Å². The molecule has 38 heavy (non-hydrogen) atoms. The van der Waals surface area contributed by atoms with Gasteiger partial charge < -0.3 is 19.7 Å². The second-order valence-electron chi connectivity index (χ2n) is 12.5. The summed E-state index contributed by atoms with van der Waals surface area (Å²) in [5.74, 6) is -0.653. The van der Waals surface area contributed by atoms with Gasteiger partial charge in [-0.3, -0.25) is 4.79 Å². The minimum absolute atomic E-state index is 0.0704. The topological polar surface area (TPSA) is 84.9 Å². The Hall–Kier alpha value is -2.61. The van der Waals surface area contributed by atoms with Crippen LogP contribution in [0.15, 0.2) is 51.3 Å². The lowest BCUT2D eigenvalue weighted by Crippen LogP contribution is -2.42. The van der Waals surface area contributed by atoms with Crippen molar-refractivity contribution in [3.8, 4) is 0 Å². The summed E-state index contributed by atoms with van der Waals surface area (Å²) in [4.78, 5) is 41.1. The Morgan fingerprint density at radius 3 is 2.47 bits per heavy atom. The van der Waals surface area contributed by atoms with Crippen LogP contribution in [0.25, 0.3) is 0 Å². The molecule has 2 heterocycles. The quantitative estimate of drug-likeness (QED) is 0.420. The Bertz CT molecular complexity index is 1190. The van der Waals surface area contributed by atoms with E-state index >= 15 is 0 Å². The maximum absolute atomic E-state index is 13.6. The summed E-state index contributed by atoms with van der Waals surface area (Å²) in [6.45, 7) is 13.1. The average molecular weight is 588 g/mol.